The summed E-state index contributed by atoms with van der Waals surface area (Å²) >= 11 is 0. The minimum Gasteiger partial charge on any atom is -0.308 e. The molecule has 0 bridgehead atoms. The lowest BCUT2D eigenvalue weighted by atomic mass is 9.76. The average Bonchev–Trinajstić information content (AvgIpc) is 2.39. The van der Waals surface area contributed by atoms with Crippen molar-refractivity contribution in [2.45, 2.75) is 44.6 Å². The second-order valence-corrected chi connectivity index (χ2v) is 5.88. The summed E-state index contributed by atoms with van der Waals surface area (Å²) in [6, 6.07) is 11.0. The van der Waals surface area contributed by atoms with Crippen LogP contribution in [0.3, 0.4) is 0 Å². The highest BCUT2D eigenvalue weighted by atomic mass is 32.3. The molecule has 114 valence electrons. The topological polar surface area (TPSA) is 86.6 Å². The van der Waals surface area contributed by atoms with Crippen LogP contribution in [0.25, 0.3) is 0 Å². The van der Waals surface area contributed by atoms with Crippen molar-refractivity contribution in [1.29, 1.82) is 0 Å². The molecule has 1 saturated carbocycles. The molecular formula is C14H23NO4S. The largest absolute Gasteiger partial charge is 0.394 e. The van der Waals surface area contributed by atoms with E-state index in [1.54, 1.807) is 0 Å². The lowest BCUT2D eigenvalue weighted by molar-refractivity contribution is 0.238. The molecule has 1 aromatic carbocycles. The van der Waals surface area contributed by atoms with Gasteiger partial charge in [-0.25, -0.2) is 0 Å². The van der Waals surface area contributed by atoms with Crippen LogP contribution < -0.4 is 5.32 Å². The Morgan fingerprint density at radius 1 is 1.10 bits per heavy atom. The standard InChI is InChI=1S/C14H21N.H2O4S/c1-2-15-14(11-7-4-8-12-14)13-9-5-3-6-10-13;1-5(2,3)4/h3,5-6,9-10,15H,2,4,7-8,11-12H2,1H3;(H2,1,2,3,4). The van der Waals surface area contributed by atoms with Gasteiger partial charge in [-0.05, 0) is 24.9 Å². The van der Waals surface area contributed by atoms with Crippen molar-refractivity contribution in [2.75, 3.05) is 6.54 Å². The summed E-state index contributed by atoms with van der Waals surface area (Å²) in [5.41, 5.74) is 1.75. The van der Waals surface area contributed by atoms with E-state index in [-0.39, 0.29) is 5.54 Å². The van der Waals surface area contributed by atoms with Crippen molar-refractivity contribution in [2.24, 2.45) is 0 Å². The smallest absolute Gasteiger partial charge is 0.308 e. The van der Waals surface area contributed by atoms with Crippen molar-refractivity contribution in [3.63, 3.8) is 0 Å². The fourth-order valence-electron chi connectivity index (χ4n) is 2.82. The Labute approximate surface area is 121 Å². The first-order chi connectivity index (χ1) is 9.37. The Kier molecular flexibility index (Phi) is 6.61. The van der Waals surface area contributed by atoms with Gasteiger partial charge in [0.05, 0.1) is 0 Å². The van der Waals surface area contributed by atoms with Crippen LogP contribution in [0.15, 0.2) is 30.3 Å². The van der Waals surface area contributed by atoms with E-state index >= 15 is 0 Å². The van der Waals surface area contributed by atoms with Gasteiger partial charge in [0.1, 0.15) is 0 Å². The summed E-state index contributed by atoms with van der Waals surface area (Å²) in [5.74, 6) is 0. The minimum atomic E-state index is -4.67. The third kappa shape index (κ3) is 6.00. The molecule has 20 heavy (non-hydrogen) atoms. The third-order valence-corrected chi connectivity index (χ3v) is 3.55. The van der Waals surface area contributed by atoms with Gasteiger partial charge in [0.25, 0.3) is 0 Å². The summed E-state index contributed by atoms with van der Waals surface area (Å²) < 4.78 is 31.6. The summed E-state index contributed by atoms with van der Waals surface area (Å²) in [6.07, 6.45) is 6.72. The molecular weight excluding hydrogens is 278 g/mol. The van der Waals surface area contributed by atoms with Gasteiger partial charge in [0.2, 0.25) is 0 Å². The summed E-state index contributed by atoms with van der Waals surface area (Å²) in [7, 11) is -4.67. The number of hydrogen-bond donors (Lipinski definition) is 3. The summed E-state index contributed by atoms with van der Waals surface area (Å²) in [5, 5.41) is 3.71. The SMILES string of the molecule is CCNC1(c2ccccc2)CCCCC1.O=S(=O)(O)O. The van der Waals surface area contributed by atoms with E-state index in [0.717, 1.165) is 6.54 Å². The van der Waals surface area contributed by atoms with Crippen molar-refractivity contribution >= 4 is 10.4 Å². The number of nitrogens with one attached hydrogen (secondary N) is 1. The molecule has 1 aromatic rings. The molecule has 0 unspecified atom stereocenters. The second kappa shape index (κ2) is 7.73. The molecule has 0 spiro atoms. The van der Waals surface area contributed by atoms with Crippen LogP contribution in [0.1, 0.15) is 44.6 Å². The van der Waals surface area contributed by atoms with Gasteiger partial charge in [0.15, 0.2) is 0 Å². The molecule has 1 aliphatic rings. The summed E-state index contributed by atoms with van der Waals surface area (Å²) in [6.45, 7) is 3.27. The van der Waals surface area contributed by atoms with E-state index in [4.69, 9.17) is 17.5 Å². The first-order valence-corrected chi connectivity index (χ1v) is 8.27. The van der Waals surface area contributed by atoms with Crippen LogP contribution in [-0.4, -0.2) is 24.1 Å². The molecule has 3 N–H and O–H groups in total. The normalized spacial score (nSPS) is 17.9. The quantitative estimate of drug-likeness (QED) is 0.747. The van der Waals surface area contributed by atoms with Crippen LogP contribution in [0.5, 0.6) is 0 Å². The molecule has 6 heteroatoms. The predicted octanol–water partition coefficient (Wildman–Crippen LogP) is 2.80. The molecule has 0 saturated heterocycles. The summed E-state index contributed by atoms with van der Waals surface area (Å²) in [4.78, 5) is 0. The molecule has 1 fully saturated rings. The van der Waals surface area contributed by atoms with Gasteiger partial charge in [-0.3, -0.25) is 9.11 Å². The highest BCUT2D eigenvalue weighted by Crippen LogP contribution is 2.36. The highest BCUT2D eigenvalue weighted by molar-refractivity contribution is 7.79. The van der Waals surface area contributed by atoms with Gasteiger partial charge in [-0.1, -0.05) is 56.5 Å². The Morgan fingerprint density at radius 2 is 1.60 bits per heavy atom. The number of rotatable bonds is 3. The van der Waals surface area contributed by atoms with Gasteiger partial charge in [-0.15, -0.1) is 0 Å². The van der Waals surface area contributed by atoms with E-state index in [2.05, 4.69) is 42.6 Å². The fourth-order valence-corrected chi connectivity index (χ4v) is 2.82. The van der Waals surface area contributed by atoms with E-state index in [1.165, 1.54) is 37.7 Å². The first kappa shape index (κ1) is 17.1. The van der Waals surface area contributed by atoms with Gasteiger partial charge in [-0.2, -0.15) is 8.42 Å². The Morgan fingerprint density at radius 3 is 2.05 bits per heavy atom. The van der Waals surface area contributed by atoms with Gasteiger partial charge < -0.3 is 5.32 Å². The molecule has 0 aliphatic heterocycles. The molecule has 1 aliphatic carbocycles. The fraction of sp³-hybridized carbons (Fsp3) is 0.571. The van der Waals surface area contributed by atoms with Crippen molar-refractivity contribution < 1.29 is 17.5 Å². The highest BCUT2D eigenvalue weighted by Gasteiger charge is 2.32. The van der Waals surface area contributed by atoms with Gasteiger partial charge in [0, 0.05) is 5.54 Å². The van der Waals surface area contributed by atoms with Crippen LogP contribution >= 0.6 is 0 Å². The monoisotopic (exact) mass is 301 g/mol. The molecule has 0 aromatic heterocycles. The Hall–Kier alpha value is -0.950. The molecule has 2 rings (SSSR count). The van der Waals surface area contributed by atoms with E-state index in [9.17, 15) is 0 Å². The maximum atomic E-state index is 8.74. The van der Waals surface area contributed by atoms with E-state index in [0.29, 0.717) is 0 Å². The minimum absolute atomic E-state index is 0.272. The number of benzene rings is 1. The second-order valence-electron chi connectivity index (χ2n) is 4.99. The van der Waals surface area contributed by atoms with Crippen LogP contribution in [-0.2, 0) is 15.9 Å². The van der Waals surface area contributed by atoms with Crippen LogP contribution in [0.2, 0.25) is 0 Å². The van der Waals surface area contributed by atoms with E-state index in [1.807, 2.05) is 0 Å². The molecule has 0 heterocycles. The van der Waals surface area contributed by atoms with E-state index < -0.39 is 10.4 Å². The lowest BCUT2D eigenvalue weighted by Gasteiger charge is -2.38. The number of hydrogen-bond acceptors (Lipinski definition) is 3. The van der Waals surface area contributed by atoms with Crippen molar-refractivity contribution in [3.05, 3.63) is 35.9 Å². The maximum Gasteiger partial charge on any atom is 0.394 e. The van der Waals surface area contributed by atoms with Gasteiger partial charge >= 0.3 is 10.4 Å². The van der Waals surface area contributed by atoms with Crippen molar-refractivity contribution in [3.8, 4) is 0 Å². The molecule has 0 atom stereocenters. The third-order valence-electron chi connectivity index (χ3n) is 3.55. The predicted molar refractivity (Wildman–Crippen MR) is 79.1 cm³/mol. The zero-order valence-corrected chi connectivity index (χ0v) is 12.6. The maximum absolute atomic E-state index is 8.74. The molecule has 0 radical (unpaired) electrons. The van der Waals surface area contributed by atoms with Crippen LogP contribution in [0, 0.1) is 0 Å². The van der Waals surface area contributed by atoms with Crippen molar-refractivity contribution in [1.82, 2.24) is 5.32 Å². The lowest BCUT2D eigenvalue weighted by Crippen LogP contribution is -2.43. The first-order valence-electron chi connectivity index (χ1n) is 6.88. The molecule has 5 nitrogen and oxygen atoms in total. The molecule has 0 amide bonds. The average molecular weight is 301 g/mol. The zero-order valence-electron chi connectivity index (χ0n) is 11.7. The Bertz CT molecular complexity index is 468. The Balaban J connectivity index is 0.000000347. The zero-order chi connectivity index (χ0) is 15.1. The van der Waals surface area contributed by atoms with Crippen LogP contribution in [0.4, 0.5) is 0 Å².